The molecule has 1 atom stereocenters. The normalized spacial score (nSPS) is 13.4. The van der Waals surface area contributed by atoms with Crippen LogP contribution >= 0.6 is 11.6 Å². The van der Waals surface area contributed by atoms with E-state index in [4.69, 9.17) is 17.3 Å². The molecule has 4 heteroatoms. The van der Waals surface area contributed by atoms with Gasteiger partial charge in [-0.15, -0.1) is 0 Å². The summed E-state index contributed by atoms with van der Waals surface area (Å²) in [6, 6.07) is 3.66. The molecule has 0 aliphatic heterocycles. The molecule has 1 unspecified atom stereocenters. The van der Waals surface area contributed by atoms with Crippen LogP contribution in [0, 0.1) is 6.92 Å². The van der Waals surface area contributed by atoms with E-state index < -0.39 is 0 Å². The number of pyridine rings is 1. The van der Waals surface area contributed by atoms with Gasteiger partial charge in [-0.05, 0) is 26.0 Å². The van der Waals surface area contributed by atoms with E-state index in [0.29, 0.717) is 0 Å². The van der Waals surface area contributed by atoms with Crippen LogP contribution < -0.4 is 5.73 Å². The van der Waals surface area contributed by atoms with Crippen molar-refractivity contribution in [1.29, 1.82) is 0 Å². The summed E-state index contributed by atoms with van der Waals surface area (Å²) >= 11 is 5.91. The lowest BCUT2D eigenvalue weighted by molar-refractivity contribution is 0.734. The van der Waals surface area contributed by atoms with Gasteiger partial charge in [0.15, 0.2) is 0 Å². The topological polar surface area (TPSA) is 43.3 Å². The fourth-order valence-electron chi connectivity index (χ4n) is 1.56. The molecule has 0 fully saturated rings. The van der Waals surface area contributed by atoms with Crippen LogP contribution in [0.1, 0.15) is 24.5 Å². The second-order valence-corrected chi connectivity index (χ2v) is 3.88. The molecule has 2 aromatic heterocycles. The SMILES string of the molecule is Cc1nc(C(C)N)n2ccc(Cl)cc12. The zero-order chi connectivity index (χ0) is 10.3. The van der Waals surface area contributed by atoms with Crippen LogP contribution in [0.4, 0.5) is 0 Å². The monoisotopic (exact) mass is 209 g/mol. The van der Waals surface area contributed by atoms with Gasteiger partial charge in [0.25, 0.3) is 0 Å². The first-order valence-corrected chi connectivity index (χ1v) is 4.87. The molecule has 74 valence electrons. The van der Waals surface area contributed by atoms with Gasteiger partial charge in [0.1, 0.15) is 5.82 Å². The van der Waals surface area contributed by atoms with Crippen molar-refractivity contribution in [2.45, 2.75) is 19.9 Å². The van der Waals surface area contributed by atoms with Gasteiger partial charge in [-0.1, -0.05) is 11.6 Å². The average Bonchev–Trinajstić information content (AvgIpc) is 2.44. The highest BCUT2D eigenvalue weighted by atomic mass is 35.5. The highest BCUT2D eigenvalue weighted by molar-refractivity contribution is 6.30. The Kier molecular flexibility index (Phi) is 2.21. The van der Waals surface area contributed by atoms with Gasteiger partial charge < -0.3 is 10.1 Å². The molecule has 0 amide bonds. The summed E-state index contributed by atoms with van der Waals surface area (Å²) in [5, 5.41) is 0.719. The largest absolute Gasteiger partial charge is 0.322 e. The Morgan fingerprint density at radius 1 is 1.57 bits per heavy atom. The number of halogens is 1. The third-order valence-electron chi connectivity index (χ3n) is 2.22. The molecular formula is C10H12ClN3. The Balaban J connectivity index is 2.77. The summed E-state index contributed by atoms with van der Waals surface area (Å²) in [5.74, 6) is 0.870. The highest BCUT2D eigenvalue weighted by Crippen LogP contribution is 2.19. The van der Waals surface area contributed by atoms with Crippen molar-refractivity contribution in [2.24, 2.45) is 5.73 Å². The predicted molar refractivity (Wildman–Crippen MR) is 57.5 cm³/mol. The smallest absolute Gasteiger partial charge is 0.130 e. The van der Waals surface area contributed by atoms with Crippen molar-refractivity contribution in [1.82, 2.24) is 9.38 Å². The van der Waals surface area contributed by atoms with E-state index in [1.165, 1.54) is 0 Å². The molecular weight excluding hydrogens is 198 g/mol. The van der Waals surface area contributed by atoms with Gasteiger partial charge in [-0.2, -0.15) is 0 Å². The molecule has 0 aromatic carbocycles. The lowest BCUT2D eigenvalue weighted by atomic mass is 10.3. The second kappa shape index (κ2) is 3.26. The standard InChI is InChI=1S/C10H12ClN3/c1-6(12)10-13-7(2)9-5-8(11)3-4-14(9)10/h3-6H,12H2,1-2H3. The number of imidazole rings is 1. The third-order valence-corrected chi connectivity index (χ3v) is 2.46. The summed E-state index contributed by atoms with van der Waals surface area (Å²) in [7, 11) is 0. The molecule has 0 bridgehead atoms. The molecule has 0 radical (unpaired) electrons. The lowest BCUT2D eigenvalue weighted by Crippen LogP contribution is -2.09. The molecule has 2 rings (SSSR count). The van der Waals surface area contributed by atoms with Crippen LogP contribution in [0.5, 0.6) is 0 Å². The number of nitrogens with two attached hydrogens (primary N) is 1. The lowest BCUT2D eigenvalue weighted by Gasteiger charge is -2.03. The summed E-state index contributed by atoms with van der Waals surface area (Å²) in [6.45, 7) is 3.88. The van der Waals surface area contributed by atoms with E-state index in [0.717, 1.165) is 22.1 Å². The van der Waals surface area contributed by atoms with Crippen molar-refractivity contribution < 1.29 is 0 Å². The first kappa shape index (κ1) is 9.49. The van der Waals surface area contributed by atoms with Crippen LogP contribution in [0.2, 0.25) is 5.02 Å². The van der Waals surface area contributed by atoms with E-state index in [-0.39, 0.29) is 6.04 Å². The van der Waals surface area contributed by atoms with E-state index in [1.807, 2.05) is 36.6 Å². The van der Waals surface area contributed by atoms with E-state index in [1.54, 1.807) is 0 Å². The number of aromatic nitrogens is 2. The Morgan fingerprint density at radius 3 is 2.93 bits per heavy atom. The Hall–Kier alpha value is -1.06. The van der Waals surface area contributed by atoms with E-state index in [2.05, 4.69) is 4.98 Å². The van der Waals surface area contributed by atoms with Crippen molar-refractivity contribution in [3.8, 4) is 0 Å². The number of rotatable bonds is 1. The van der Waals surface area contributed by atoms with Gasteiger partial charge >= 0.3 is 0 Å². The minimum Gasteiger partial charge on any atom is -0.322 e. The van der Waals surface area contributed by atoms with E-state index in [9.17, 15) is 0 Å². The summed E-state index contributed by atoms with van der Waals surface area (Å²) in [6.07, 6.45) is 1.90. The first-order valence-electron chi connectivity index (χ1n) is 4.49. The van der Waals surface area contributed by atoms with Gasteiger partial charge in [0.05, 0.1) is 17.3 Å². The fraction of sp³-hybridized carbons (Fsp3) is 0.300. The molecule has 3 nitrogen and oxygen atoms in total. The van der Waals surface area contributed by atoms with Crippen molar-refractivity contribution >= 4 is 17.1 Å². The molecule has 2 aromatic rings. The van der Waals surface area contributed by atoms with Gasteiger partial charge in [0.2, 0.25) is 0 Å². The number of hydrogen-bond acceptors (Lipinski definition) is 2. The van der Waals surface area contributed by atoms with Crippen molar-refractivity contribution in [3.05, 3.63) is 34.9 Å². The number of nitrogens with zero attached hydrogens (tertiary/aromatic N) is 2. The Labute approximate surface area is 87.5 Å². The van der Waals surface area contributed by atoms with Crippen LogP contribution in [0.15, 0.2) is 18.3 Å². The van der Waals surface area contributed by atoms with Gasteiger partial charge in [-0.25, -0.2) is 4.98 Å². The maximum absolute atomic E-state index is 5.91. The Bertz CT molecular complexity index is 473. The molecule has 0 aliphatic carbocycles. The third kappa shape index (κ3) is 1.38. The van der Waals surface area contributed by atoms with Crippen LogP contribution in [0.3, 0.4) is 0 Å². The molecule has 0 spiro atoms. The minimum atomic E-state index is -0.0719. The van der Waals surface area contributed by atoms with E-state index >= 15 is 0 Å². The summed E-state index contributed by atoms with van der Waals surface area (Å²) in [4.78, 5) is 4.41. The molecule has 2 N–H and O–H groups in total. The number of aryl methyl sites for hydroxylation is 1. The van der Waals surface area contributed by atoms with Crippen LogP contribution in [-0.2, 0) is 0 Å². The highest BCUT2D eigenvalue weighted by Gasteiger charge is 2.10. The zero-order valence-electron chi connectivity index (χ0n) is 8.16. The summed E-state index contributed by atoms with van der Waals surface area (Å²) in [5.41, 5.74) is 7.79. The maximum Gasteiger partial charge on any atom is 0.130 e. The molecule has 0 saturated heterocycles. The van der Waals surface area contributed by atoms with Crippen molar-refractivity contribution in [3.63, 3.8) is 0 Å². The molecule has 2 heterocycles. The quantitative estimate of drug-likeness (QED) is 0.784. The van der Waals surface area contributed by atoms with Gasteiger partial charge in [-0.3, -0.25) is 0 Å². The Morgan fingerprint density at radius 2 is 2.29 bits per heavy atom. The van der Waals surface area contributed by atoms with Gasteiger partial charge in [0, 0.05) is 11.2 Å². The first-order chi connectivity index (χ1) is 6.59. The number of fused-ring (bicyclic) bond motifs is 1. The van der Waals surface area contributed by atoms with Crippen LogP contribution in [0.25, 0.3) is 5.52 Å². The summed E-state index contributed by atoms with van der Waals surface area (Å²) < 4.78 is 1.98. The van der Waals surface area contributed by atoms with Crippen molar-refractivity contribution in [2.75, 3.05) is 0 Å². The maximum atomic E-state index is 5.91. The number of hydrogen-bond donors (Lipinski definition) is 1. The fourth-order valence-corrected chi connectivity index (χ4v) is 1.72. The minimum absolute atomic E-state index is 0.0719. The molecule has 0 aliphatic rings. The second-order valence-electron chi connectivity index (χ2n) is 3.44. The average molecular weight is 210 g/mol. The van der Waals surface area contributed by atoms with Crippen LogP contribution in [-0.4, -0.2) is 9.38 Å². The zero-order valence-corrected chi connectivity index (χ0v) is 8.92. The predicted octanol–water partition coefficient (Wildman–Crippen LogP) is 2.32. The molecule has 0 saturated carbocycles. The molecule has 14 heavy (non-hydrogen) atoms.